The first-order valence-corrected chi connectivity index (χ1v) is 8.81. The van der Waals surface area contributed by atoms with Crippen molar-refractivity contribution in [2.45, 2.75) is 19.8 Å². The molecule has 1 aromatic carbocycles. The maximum Gasteiger partial charge on any atom is 0.309 e. The standard InChI is InChI=1S/C15H17BrINO3/c1-2-21-15(20)10-5-7-18(8-6-10)14(19)12-9-11(17)3-4-13(12)16/h3-4,9-10H,2,5-8H2,1H3. The van der Waals surface area contributed by atoms with Crippen LogP contribution in [0.25, 0.3) is 0 Å². The molecule has 6 heteroatoms. The van der Waals surface area contributed by atoms with Crippen LogP contribution in [-0.2, 0) is 9.53 Å². The van der Waals surface area contributed by atoms with E-state index in [1.807, 2.05) is 30.0 Å². The zero-order chi connectivity index (χ0) is 15.4. The van der Waals surface area contributed by atoms with Gasteiger partial charge in [-0.25, -0.2) is 0 Å². The highest BCUT2D eigenvalue weighted by molar-refractivity contribution is 14.1. The number of esters is 1. The molecule has 0 aliphatic carbocycles. The second kappa shape index (κ2) is 7.58. The predicted molar refractivity (Wildman–Crippen MR) is 92.1 cm³/mol. The van der Waals surface area contributed by atoms with Gasteiger partial charge in [-0.15, -0.1) is 0 Å². The van der Waals surface area contributed by atoms with Gasteiger partial charge in [0.05, 0.1) is 18.1 Å². The van der Waals surface area contributed by atoms with E-state index in [1.165, 1.54) is 0 Å². The first-order valence-electron chi connectivity index (χ1n) is 6.94. The van der Waals surface area contributed by atoms with E-state index >= 15 is 0 Å². The van der Waals surface area contributed by atoms with Crippen molar-refractivity contribution in [1.29, 1.82) is 0 Å². The lowest BCUT2D eigenvalue weighted by Crippen LogP contribution is -2.40. The van der Waals surface area contributed by atoms with E-state index in [2.05, 4.69) is 38.5 Å². The van der Waals surface area contributed by atoms with Crippen LogP contribution in [0.1, 0.15) is 30.1 Å². The molecule has 1 fully saturated rings. The van der Waals surface area contributed by atoms with Gasteiger partial charge < -0.3 is 9.64 Å². The Morgan fingerprint density at radius 3 is 2.67 bits per heavy atom. The fourth-order valence-electron chi connectivity index (χ4n) is 2.41. The van der Waals surface area contributed by atoms with Gasteiger partial charge in [0.2, 0.25) is 0 Å². The van der Waals surface area contributed by atoms with Gasteiger partial charge in [-0.1, -0.05) is 0 Å². The number of nitrogens with zero attached hydrogens (tertiary/aromatic N) is 1. The molecule has 0 unspecified atom stereocenters. The molecule has 0 atom stereocenters. The Bertz CT molecular complexity index is 542. The summed E-state index contributed by atoms with van der Waals surface area (Å²) in [5, 5.41) is 0. The molecule has 0 aromatic heterocycles. The summed E-state index contributed by atoms with van der Waals surface area (Å²) < 4.78 is 6.88. The molecule has 0 saturated carbocycles. The third kappa shape index (κ3) is 4.18. The minimum Gasteiger partial charge on any atom is -0.466 e. The van der Waals surface area contributed by atoms with Gasteiger partial charge in [0.15, 0.2) is 0 Å². The maximum atomic E-state index is 12.6. The van der Waals surface area contributed by atoms with Crippen molar-refractivity contribution < 1.29 is 14.3 Å². The summed E-state index contributed by atoms with van der Waals surface area (Å²) in [6.45, 7) is 3.42. The highest BCUT2D eigenvalue weighted by Gasteiger charge is 2.29. The van der Waals surface area contributed by atoms with E-state index in [-0.39, 0.29) is 17.8 Å². The van der Waals surface area contributed by atoms with Gasteiger partial charge in [0.25, 0.3) is 5.91 Å². The largest absolute Gasteiger partial charge is 0.466 e. The molecule has 1 heterocycles. The molecule has 0 bridgehead atoms. The number of hydrogen-bond acceptors (Lipinski definition) is 3. The minimum atomic E-state index is -0.139. The average Bonchev–Trinajstić information content (AvgIpc) is 2.49. The summed E-state index contributed by atoms with van der Waals surface area (Å²) >= 11 is 5.62. The third-order valence-electron chi connectivity index (χ3n) is 3.56. The van der Waals surface area contributed by atoms with Crippen molar-refractivity contribution in [3.8, 4) is 0 Å². The van der Waals surface area contributed by atoms with Gasteiger partial charge in [0, 0.05) is 21.1 Å². The molecule has 4 nitrogen and oxygen atoms in total. The van der Waals surface area contributed by atoms with E-state index in [0.29, 0.717) is 38.1 Å². The van der Waals surface area contributed by atoms with Gasteiger partial charge in [-0.3, -0.25) is 9.59 Å². The van der Waals surface area contributed by atoms with Crippen LogP contribution in [0, 0.1) is 9.49 Å². The van der Waals surface area contributed by atoms with E-state index < -0.39 is 0 Å². The highest BCUT2D eigenvalue weighted by atomic mass is 127. The molecule has 1 aromatic rings. The number of carbonyl (C=O) groups is 2. The molecule has 0 spiro atoms. The Labute approximate surface area is 146 Å². The number of ether oxygens (including phenoxy) is 1. The summed E-state index contributed by atoms with van der Waals surface area (Å²) in [5.74, 6) is -0.198. The van der Waals surface area contributed by atoms with Crippen molar-refractivity contribution in [2.75, 3.05) is 19.7 Å². The van der Waals surface area contributed by atoms with Crippen molar-refractivity contribution in [3.05, 3.63) is 31.8 Å². The highest BCUT2D eigenvalue weighted by Crippen LogP contribution is 2.24. The van der Waals surface area contributed by atoms with Crippen molar-refractivity contribution in [2.24, 2.45) is 5.92 Å². The number of carbonyl (C=O) groups excluding carboxylic acids is 2. The van der Waals surface area contributed by atoms with Crippen LogP contribution < -0.4 is 0 Å². The molecule has 1 amide bonds. The van der Waals surface area contributed by atoms with Crippen molar-refractivity contribution in [3.63, 3.8) is 0 Å². The van der Waals surface area contributed by atoms with Crippen molar-refractivity contribution >= 4 is 50.4 Å². The Kier molecular flexibility index (Phi) is 6.04. The van der Waals surface area contributed by atoms with E-state index in [1.54, 1.807) is 0 Å². The number of halogens is 2. The minimum absolute atomic E-state index is 0.0164. The molecule has 0 N–H and O–H groups in total. The number of rotatable bonds is 3. The summed E-state index contributed by atoms with van der Waals surface area (Å²) in [7, 11) is 0. The zero-order valence-corrected chi connectivity index (χ0v) is 15.5. The summed E-state index contributed by atoms with van der Waals surface area (Å²) in [6.07, 6.45) is 1.35. The van der Waals surface area contributed by atoms with Gasteiger partial charge in [0.1, 0.15) is 0 Å². The number of benzene rings is 1. The van der Waals surface area contributed by atoms with Gasteiger partial charge in [-0.2, -0.15) is 0 Å². The molecular formula is C15H17BrINO3. The van der Waals surface area contributed by atoms with E-state index in [9.17, 15) is 9.59 Å². The second-order valence-electron chi connectivity index (χ2n) is 4.94. The lowest BCUT2D eigenvalue weighted by Gasteiger charge is -2.31. The number of likely N-dealkylation sites (tertiary alicyclic amines) is 1. The lowest BCUT2D eigenvalue weighted by molar-refractivity contribution is -0.149. The fraction of sp³-hybridized carbons (Fsp3) is 0.467. The monoisotopic (exact) mass is 465 g/mol. The van der Waals surface area contributed by atoms with Gasteiger partial charge >= 0.3 is 5.97 Å². The predicted octanol–water partition coefficient (Wildman–Crippen LogP) is 3.47. The second-order valence-corrected chi connectivity index (χ2v) is 7.04. The average molecular weight is 466 g/mol. The number of amides is 1. The third-order valence-corrected chi connectivity index (χ3v) is 4.92. The smallest absolute Gasteiger partial charge is 0.309 e. The first-order chi connectivity index (χ1) is 10.0. The Balaban J connectivity index is 2.00. The lowest BCUT2D eigenvalue weighted by atomic mass is 9.96. The Hall–Kier alpha value is -0.630. The first kappa shape index (κ1) is 16.7. The molecule has 1 aliphatic rings. The molecule has 1 aliphatic heterocycles. The number of piperidine rings is 1. The Morgan fingerprint density at radius 2 is 2.05 bits per heavy atom. The zero-order valence-electron chi connectivity index (χ0n) is 11.8. The molecule has 1 saturated heterocycles. The molecule has 114 valence electrons. The van der Waals surface area contributed by atoms with Gasteiger partial charge in [-0.05, 0) is 76.5 Å². The van der Waals surface area contributed by atoms with E-state index in [4.69, 9.17) is 4.74 Å². The molecule has 0 radical (unpaired) electrons. The SMILES string of the molecule is CCOC(=O)C1CCN(C(=O)c2cc(I)ccc2Br)CC1. The number of hydrogen-bond donors (Lipinski definition) is 0. The molecule has 2 rings (SSSR count). The molecular weight excluding hydrogens is 449 g/mol. The van der Waals surface area contributed by atoms with Crippen LogP contribution in [0.3, 0.4) is 0 Å². The summed E-state index contributed by atoms with van der Waals surface area (Å²) in [6, 6.07) is 5.72. The topological polar surface area (TPSA) is 46.6 Å². The molecule has 21 heavy (non-hydrogen) atoms. The fourth-order valence-corrected chi connectivity index (χ4v) is 3.32. The quantitative estimate of drug-likeness (QED) is 0.507. The maximum absolute atomic E-state index is 12.6. The normalized spacial score (nSPS) is 15.9. The van der Waals surface area contributed by atoms with Crippen LogP contribution in [0.4, 0.5) is 0 Å². The summed E-state index contributed by atoms with van der Waals surface area (Å²) in [5.41, 5.74) is 0.677. The van der Waals surface area contributed by atoms with Crippen molar-refractivity contribution in [1.82, 2.24) is 4.90 Å². The van der Waals surface area contributed by atoms with Crippen LogP contribution in [0.15, 0.2) is 22.7 Å². The van der Waals surface area contributed by atoms with Crippen LogP contribution in [-0.4, -0.2) is 36.5 Å². The summed E-state index contributed by atoms with van der Waals surface area (Å²) in [4.78, 5) is 26.1. The van der Waals surface area contributed by atoms with Crippen LogP contribution in [0.5, 0.6) is 0 Å². The van der Waals surface area contributed by atoms with E-state index in [0.717, 1.165) is 8.04 Å². The van der Waals surface area contributed by atoms with Crippen LogP contribution >= 0.6 is 38.5 Å². The Morgan fingerprint density at radius 1 is 1.38 bits per heavy atom. The van der Waals surface area contributed by atoms with Crippen LogP contribution in [0.2, 0.25) is 0 Å².